The molecule has 0 atom stereocenters. The van der Waals surface area contributed by atoms with E-state index >= 15 is 0 Å². The molecule has 26 heavy (non-hydrogen) atoms. The first-order valence-corrected chi connectivity index (χ1v) is 9.60. The van der Waals surface area contributed by atoms with Gasteiger partial charge in [-0.3, -0.25) is 9.59 Å². The third-order valence-corrected chi connectivity index (χ3v) is 5.06. The normalized spacial score (nSPS) is 12.7. The minimum atomic E-state index is -0.284. The molecule has 0 bridgehead atoms. The fraction of sp³-hybridized carbons (Fsp3) is 0.353. The lowest BCUT2D eigenvalue weighted by Crippen LogP contribution is -2.31. The molecule has 1 aliphatic rings. The van der Waals surface area contributed by atoms with E-state index in [-0.39, 0.29) is 18.4 Å². The van der Waals surface area contributed by atoms with Crippen molar-refractivity contribution in [3.05, 3.63) is 46.1 Å². The highest BCUT2D eigenvalue weighted by atomic mass is 35.5. The molecule has 0 spiro atoms. The van der Waals surface area contributed by atoms with E-state index in [2.05, 4.69) is 15.7 Å². The number of rotatable bonds is 7. The van der Waals surface area contributed by atoms with Crippen LogP contribution in [0.4, 0.5) is 5.82 Å². The smallest absolute Gasteiger partial charge is 0.256 e. The number of nitrogens with zero attached hydrogens (tertiary/aromatic N) is 2. The lowest BCUT2D eigenvalue weighted by molar-refractivity contribution is -0.122. The third-order valence-electron chi connectivity index (χ3n) is 3.86. The van der Waals surface area contributed by atoms with Gasteiger partial charge in [-0.1, -0.05) is 17.7 Å². The number of carbonyl (C=O) groups excluding carboxylic acids is 2. The van der Waals surface area contributed by atoms with Gasteiger partial charge in [-0.25, -0.2) is 4.68 Å². The summed E-state index contributed by atoms with van der Waals surface area (Å²) in [5.41, 5.74) is 2.32. The molecular formula is C17H19ClN4O3S. The Kier molecular flexibility index (Phi) is 6.18. The number of amides is 2. The summed E-state index contributed by atoms with van der Waals surface area (Å²) in [6.07, 6.45) is 0. The molecule has 2 N–H and O–H groups in total. The predicted molar refractivity (Wildman–Crippen MR) is 102 cm³/mol. The molecule has 0 radical (unpaired) electrons. The van der Waals surface area contributed by atoms with Crippen molar-refractivity contribution in [1.29, 1.82) is 0 Å². The van der Waals surface area contributed by atoms with Crippen molar-refractivity contribution in [2.45, 2.75) is 18.1 Å². The van der Waals surface area contributed by atoms with Gasteiger partial charge in [0.25, 0.3) is 5.91 Å². The molecule has 1 aromatic carbocycles. The van der Waals surface area contributed by atoms with Crippen LogP contribution in [-0.2, 0) is 27.6 Å². The lowest BCUT2D eigenvalue weighted by atomic mass is 10.2. The zero-order valence-corrected chi connectivity index (χ0v) is 15.8. The second-order valence-corrected chi connectivity index (χ2v) is 7.15. The maximum atomic E-state index is 12.6. The lowest BCUT2D eigenvalue weighted by Gasteiger charge is -2.11. The maximum Gasteiger partial charge on any atom is 0.256 e. The summed E-state index contributed by atoms with van der Waals surface area (Å²) < 4.78 is 6.47. The maximum absolute atomic E-state index is 12.6. The van der Waals surface area contributed by atoms with E-state index in [9.17, 15) is 9.59 Å². The molecule has 7 nitrogen and oxygen atoms in total. The molecule has 2 aromatic rings. The Hall–Kier alpha value is -2.03. The average molecular weight is 395 g/mol. The largest absolute Gasteiger partial charge is 0.383 e. The Morgan fingerprint density at radius 1 is 1.38 bits per heavy atom. The predicted octanol–water partition coefficient (Wildman–Crippen LogP) is 2.30. The van der Waals surface area contributed by atoms with Gasteiger partial charge in [0.2, 0.25) is 5.91 Å². The first-order chi connectivity index (χ1) is 12.6. The van der Waals surface area contributed by atoms with Crippen LogP contribution in [0, 0.1) is 0 Å². The summed E-state index contributed by atoms with van der Waals surface area (Å²) in [6, 6.07) is 6.72. The van der Waals surface area contributed by atoms with Crippen LogP contribution in [-0.4, -0.2) is 41.9 Å². The molecule has 0 saturated heterocycles. The van der Waals surface area contributed by atoms with Gasteiger partial charge in [-0.2, -0.15) is 16.9 Å². The molecule has 2 amide bonds. The molecule has 1 aliphatic heterocycles. The number of fused-ring (bicyclic) bond motifs is 1. The summed E-state index contributed by atoms with van der Waals surface area (Å²) in [7, 11) is 1.57. The fourth-order valence-corrected chi connectivity index (χ4v) is 3.84. The summed E-state index contributed by atoms with van der Waals surface area (Å²) in [5, 5.41) is 10.6. The van der Waals surface area contributed by atoms with Crippen molar-refractivity contribution in [3.8, 4) is 0 Å². The molecule has 138 valence electrons. The van der Waals surface area contributed by atoms with Gasteiger partial charge < -0.3 is 15.4 Å². The number of hydrogen-bond donors (Lipinski definition) is 2. The summed E-state index contributed by atoms with van der Waals surface area (Å²) in [6.45, 7) is 0.902. The summed E-state index contributed by atoms with van der Waals surface area (Å²) >= 11 is 7.69. The molecule has 0 fully saturated rings. The van der Waals surface area contributed by atoms with Crippen molar-refractivity contribution >= 4 is 41.0 Å². The Bertz CT molecular complexity index is 824. The van der Waals surface area contributed by atoms with Crippen LogP contribution in [0.1, 0.15) is 21.6 Å². The van der Waals surface area contributed by atoms with E-state index in [1.54, 1.807) is 47.8 Å². The standard InChI is InChI=1S/C17H19ClN4O3S/c1-25-6-5-19-15(23)8-22-16(13-9-26-10-14(13)21-22)20-17(24)11-3-2-4-12(18)7-11/h2-4,7H,5-6,8-10H2,1H3,(H,19,23)(H,20,24). The monoisotopic (exact) mass is 394 g/mol. The number of aromatic nitrogens is 2. The molecule has 0 saturated carbocycles. The van der Waals surface area contributed by atoms with Crippen molar-refractivity contribution in [2.75, 3.05) is 25.6 Å². The van der Waals surface area contributed by atoms with Gasteiger partial charge in [0.15, 0.2) is 0 Å². The number of nitrogens with one attached hydrogen (secondary N) is 2. The van der Waals surface area contributed by atoms with E-state index in [0.717, 1.165) is 22.8 Å². The Morgan fingerprint density at radius 2 is 2.23 bits per heavy atom. The van der Waals surface area contributed by atoms with Crippen LogP contribution in [0.25, 0.3) is 0 Å². The number of hydrogen-bond acceptors (Lipinski definition) is 5. The van der Waals surface area contributed by atoms with Crippen molar-refractivity contribution < 1.29 is 14.3 Å². The minimum Gasteiger partial charge on any atom is -0.383 e. The highest BCUT2D eigenvalue weighted by molar-refractivity contribution is 7.98. The fourth-order valence-electron chi connectivity index (χ4n) is 2.61. The minimum absolute atomic E-state index is 0.0343. The van der Waals surface area contributed by atoms with Crippen molar-refractivity contribution in [1.82, 2.24) is 15.1 Å². The highest BCUT2D eigenvalue weighted by Crippen LogP contribution is 2.34. The first-order valence-electron chi connectivity index (χ1n) is 8.07. The Morgan fingerprint density at radius 3 is 3.00 bits per heavy atom. The molecule has 9 heteroatoms. The molecule has 1 aromatic heterocycles. The zero-order valence-electron chi connectivity index (χ0n) is 14.3. The van der Waals surface area contributed by atoms with Gasteiger partial charge in [-0.15, -0.1) is 0 Å². The summed E-state index contributed by atoms with van der Waals surface area (Å²) in [4.78, 5) is 24.7. The topological polar surface area (TPSA) is 85.2 Å². The van der Waals surface area contributed by atoms with Crippen LogP contribution in [0.3, 0.4) is 0 Å². The van der Waals surface area contributed by atoms with Gasteiger partial charge in [0.1, 0.15) is 12.4 Å². The molecule has 0 aliphatic carbocycles. The van der Waals surface area contributed by atoms with Gasteiger partial charge >= 0.3 is 0 Å². The summed E-state index contributed by atoms with van der Waals surface area (Å²) in [5.74, 6) is 1.62. The van der Waals surface area contributed by atoms with Crippen molar-refractivity contribution in [2.24, 2.45) is 0 Å². The van der Waals surface area contributed by atoms with Crippen LogP contribution in [0.15, 0.2) is 24.3 Å². The van der Waals surface area contributed by atoms with E-state index in [1.807, 2.05) is 0 Å². The second-order valence-electron chi connectivity index (χ2n) is 5.73. The number of benzene rings is 1. The number of anilines is 1. The first kappa shape index (κ1) is 18.8. The quantitative estimate of drug-likeness (QED) is 0.704. The van der Waals surface area contributed by atoms with E-state index in [1.165, 1.54) is 0 Å². The van der Waals surface area contributed by atoms with Crippen molar-refractivity contribution in [3.63, 3.8) is 0 Å². The van der Waals surface area contributed by atoms with Crippen LogP contribution < -0.4 is 10.6 Å². The molecular weight excluding hydrogens is 376 g/mol. The third kappa shape index (κ3) is 4.38. The van der Waals surface area contributed by atoms with Gasteiger partial charge in [-0.05, 0) is 18.2 Å². The molecule has 0 unspecified atom stereocenters. The Balaban J connectivity index is 1.77. The number of ether oxygens (including phenoxy) is 1. The number of thioether (sulfide) groups is 1. The van der Waals surface area contributed by atoms with Crippen LogP contribution in [0.2, 0.25) is 5.02 Å². The van der Waals surface area contributed by atoms with Gasteiger partial charge in [0.05, 0.1) is 12.3 Å². The van der Waals surface area contributed by atoms with Crippen LogP contribution >= 0.6 is 23.4 Å². The van der Waals surface area contributed by atoms with E-state index in [0.29, 0.717) is 29.6 Å². The zero-order chi connectivity index (χ0) is 18.5. The van der Waals surface area contributed by atoms with E-state index in [4.69, 9.17) is 16.3 Å². The number of methoxy groups -OCH3 is 1. The second kappa shape index (κ2) is 8.57. The molecule has 3 rings (SSSR count). The average Bonchev–Trinajstić information content (AvgIpc) is 3.18. The van der Waals surface area contributed by atoms with Gasteiger partial charge in [0, 0.05) is 41.3 Å². The highest BCUT2D eigenvalue weighted by Gasteiger charge is 2.25. The van der Waals surface area contributed by atoms with Crippen LogP contribution in [0.5, 0.6) is 0 Å². The Labute approximate surface area is 160 Å². The van der Waals surface area contributed by atoms with E-state index < -0.39 is 0 Å². The molecule has 2 heterocycles. The number of carbonyl (C=O) groups is 2. The number of halogens is 1. The SMILES string of the molecule is COCCNC(=O)Cn1nc2c(c1NC(=O)c1cccc(Cl)c1)CSC2.